The monoisotopic (exact) mass is 371 g/mol. The predicted molar refractivity (Wildman–Crippen MR) is 91.5 cm³/mol. The molecular formula is C18H14BrNO3. The van der Waals surface area contributed by atoms with E-state index in [-0.39, 0.29) is 22.9 Å². The molecule has 0 fully saturated rings. The first-order valence-electron chi connectivity index (χ1n) is 6.76. The molecule has 1 N–H and O–H groups in total. The molecule has 0 aliphatic carbocycles. The zero-order chi connectivity index (χ0) is 17.0. The molecule has 116 valence electrons. The number of ketones is 1. The standard InChI is InChI=1S/C18H14BrNO3/c1-11-4-3-5-12(6-11)18(22)14(10-20)7-13-8-17(23-2)16(21)9-15(13)19/h3-9,21H,1-2H3/b14-7-. The average Bonchev–Trinajstić information content (AvgIpc) is 2.53. The summed E-state index contributed by atoms with van der Waals surface area (Å²) in [6, 6.07) is 12.0. The fraction of sp³-hybridized carbons (Fsp3) is 0.111. The zero-order valence-corrected chi connectivity index (χ0v) is 14.2. The van der Waals surface area contributed by atoms with Gasteiger partial charge < -0.3 is 9.84 Å². The summed E-state index contributed by atoms with van der Waals surface area (Å²) in [6.07, 6.45) is 1.47. The van der Waals surface area contributed by atoms with Gasteiger partial charge in [0.1, 0.15) is 11.6 Å². The summed E-state index contributed by atoms with van der Waals surface area (Å²) in [5.41, 5.74) is 1.97. The number of methoxy groups -OCH3 is 1. The lowest BCUT2D eigenvalue weighted by atomic mass is 10.0. The first-order chi connectivity index (χ1) is 11.0. The number of nitriles is 1. The van der Waals surface area contributed by atoms with Crippen molar-refractivity contribution in [2.75, 3.05) is 7.11 Å². The van der Waals surface area contributed by atoms with E-state index >= 15 is 0 Å². The fourth-order valence-corrected chi connectivity index (χ4v) is 2.52. The number of nitrogens with zero attached hydrogens (tertiary/aromatic N) is 1. The third kappa shape index (κ3) is 3.79. The van der Waals surface area contributed by atoms with Gasteiger partial charge in [0.25, 0.3) is 0 Å². The maximum Gasteiger partial charge on any atom is 0.203 e. The molecule has 5 heteroatoms. The number of Topliss-reactive ketones (excluding diaryl/α,β-unsaturated/α-hetero) is 1. The fourth-order valence-electron chi connectivity index (χ4n) is 2.08. The molecule has 2 aromatic carbocycles. The minimum Gasteiger partial charge on any atom is -0.504 e. The van der Waals surface area contributed by atoms with Crippen LogP contribution in [0.15, 0.2) is 46.4 Å². The van der Waals surface area contributed by atoms with Crippen molar-refractivity contribution >= 4 is 27.8 Å². The lowest BCUT2D eigenvalue weighted by Gasteiger charge is -2.07. The van der Waals surface area contributed by atoms with E-state index in [1.54, 1.807) is 24.3 Å². The van der Waals surface area contributed by atoms with Gasteiger partial charge in [-0.2, -0.15) is 5.26 Å². The summed E-state index contributed by atoms with van der Waals surface area (Å²) in [7, 11) is 1.43. The van der Waals surface area contributed by atoms with Crippen molar-refractivity contribution in [2.45, 2.75) is 6.92 Å². The number of carbonyl (C=O) groups is 1. The smallest absolute Gasteiger partial charge is 0.203 e. The van der Waals surface area contributed by atoms with Gasteiger partial charge in [0, 0.05) is 10.0 Å². The van der Waals surface area contributed by atoms with Crippen LogP contribution in [0.4, 0.5) is 0 Å². The highest BCUT2D eigenvalue weighted by Crippen LogP contribution is 2.33. The molecule has 23 heavy (non-hydrogen) atoms. The van der Waals surface area contributed by atoms with E-state index in [2.05, 4.69) is 15.9 Å². The lowest BCUT2D eigenvalue weighted by Crippen LogP contribution is -2.02. The molecule has 0 aliphatic heterocycles. The third-order valence-corrected chi connectivity index (χ3v) is 3.93. The van der Waals surface area contributed by atoms with E-state index in [0.29, 0.717) is 15.6 Å². The predicted octanol–water partition coefficient (Wildman–Crippen LogP) is 4.26. The van der Waals surface area contributed by atoms with Crippen LogP contribution in [0, 0.1) is 18.3 Å². The van der Waals surface area contributed by atoms with E-state index in [1.165, 1.54) is 19.3 Å². The largest absolute Gasteiger partial charge is 0.504 e. The van der Waals surface area contributed by atoms with Gasteiger partial charge in [0.05, 0.1) is 7.11 Å². The average molecular weight is 372 g/mol. The Labute approximate surface area is 142 Å². The van der Waals surface area contributed by atoms with Crippen molar-refractivity contribution in [3.63, 3.8) is 0 Å². The molecule has 0 atom stereocenters. The molecule has 2 aromatic rings. The number of rotatable bonds is 4. The molecule has 0 bridgehead atoms. The molecular weight excluding hydrogens is 358 g/mol. The highest BCUT2D eigenvalue weighted by molar-refractivity contribution is 9.10. The van der Waals surface area contributed by atoms with E-state index in [1.807, 2.05) is 19.1 Å². The van der Waals surface area contributed by atoms with Gasteiger partial charge in [-0.05, 0) is 36.8 Å². The number of allylic oxidation sites excluding steroid dienone is 1. The molecule has 0 aromatic heterocycles. The summed E-state index contributed by atoms with van der Waals surface area (Å²) < 4.78 is 5.60. The van der Waals surface area contributed by atoms with Crippen LogP contribution in [0.3, 0.4) is 0 Å². The summed E-state index contributed by atoms with van der Waals surface area (Å²) in [6.45, 7) is 1.88. The first kappa shape index (κ1) is 16.8. The second-order valence-electron chi connectivity index (χ2n) is 4.91. The molecule has 0 unspecified atom stereocenters. The maximum atomic E-state index is 12.5. The molecule has 0 spiro atoms. The highest BCUT2D eigenvalue weighted by Gasteiger charge is 2.14. The summed E-state index contributed by atoms with van der Waals surface area (Å²) in [5.74, 6) is -0.116. The molecule has 0 radical (unpaired) electrons. The number of hydrogen-bond donors (Lipinski definition) is 1. The van der Waals surface area contributed by atoms with Crippen molar-refractivity contribution < 1.29 is 14.6 Å². The Hall–Kier alpha value is -2.58. The number of benzene rings is 2. The van der Waals surface area contributed by atoms with E-state index < -0.39 is 0 Å². The van der Waals surface area contributed by atoms with Gasteiger partial charge in [-0.25, -0.2) is 0 Å². The second kappa shape index (κ2) is 7.12. The van der Waals surface area contributed by atoms with Crippen molar-refractivity contribution in [3.8, 4) is 17.6 Å². The number of carbonyl (C=O) groups excluding carboxylic acids is 1. The van der Waals surface area contributed by atoms with E-state index in [4.69, 9.17) is 4.74 Å². The van der Waals surface area contributed by atoms with Crippen LogP contribution in [-0.2, 0) is 0 Å². The Morgan fingerprint density at radius 2 is 2.09 bits per heavy atom. The second-order valence-corrected chi connectivity index (χ2v) is 5.77. The number of halogens is 1. The molecule has 2 rings (SSSR count). The maximum absolute atomic E-state index is 12.5. The number of phenolic OH excluding ortho intramolecular Hbond substituents is 1. The van der Waals surface area contributed by atoms with Crippen LogP contribution in [0.25, 0.3) is 6.08 Å². The van der Waals surface area contributed by atoms with Crippen molar-refractivity contribution in [3.05, 3.63) is 63.1 Å². The molecule has 0 heterocycles. The Kier molecular flexibility index (Phi) is 5.20. The van der Waals surface area contributed by atoms with Crippen molar-refractivity contribution in [2.24, 2.45) is 0 Å². The Balaban J connectivity index is 2.47. The number of phenols is 1. The summed E-state index contributed by atoms with van der Waals surface area (Å²) >= 11 is 3.30. The first-order valence-corrected chi connectivity index (χ1v) is 7.55. The molecule has 0 saturated carbocycles. The third-order valence-electron chi connectivity index (χ3n) is 3.24. The number of aromatic hydroxyl groups is 1. The molecule has 0 saturated heterocycles. The molecule has 0 aliphatic rings. The van der Waals surface area contributed by atoms with Gasteiger partial charge in [-0.3, -0.25) is 4.79 Å². The van der Waals surface area contributed by atoms with Crippen LogP contribution in [0.2, 0.25) is 0 Å². The minimum atomic E-state index is -0.352. The van der Waals surface area contributed by atoms with Crippen molar-refractivity contribution in [1.82, 2.24) is 0 Å². The van der Waals surface area contributed by atoms with Crippen LogP contribution in [-0.4, -0.2) is 18.0 Å². The van der Waals surface area contributed by atoms with Crippen LogP contribution in [0.1, 0.15) is 21.5 Å². The van der Waals surface area contributed by atoms with E-state index in [0.717, 1.165) is 5.56 Å². The Bertz CT molecular complexity index is 835. The minimum absolute atomic E-state index is 0.00374. The van der Waals surface area contributed by atoms with Gasteiger partial charge in [0.2, 0.25) is 5.78 Å². The number of hydrogen-bond acceptors (Lipinski definition) is 4. The van der Waals surface area contributed by atoms with Gasteiger partial charge >= 0.3 is 0 Å². The Morgan fingerprint density at radius 3 is 2.70 bits per heavy atom. The summed E-state index contributed by atoms with van der Waals surface area (Å²) in [5, 5.41) is 19.0. The zero-order valence-electron chi connectivity index (χ0n) is 12.6. The Morgan fingerprint density at radius 1 is 1.35 bits per heavy atom. The topological polar surface area (TPSA) is 70.3 Å². The SMILES string of the molecule is COc1cc(/C=C(/C#N)C(=O)c2cccc(C)c2)c(Br)cc1O. The quantitative estimate of drug-likeness (QED) is 0.495. The molecule has 4 nitrogen and oxygen atoms in total. The van der Waals surface area contributed by atoms with Crippen LogP contribution >= 0.6 is 15.9 Å². The van der Waals surface area contributed by atoms with Gasteiger partial charge in [-0.1, -0.05) is 39.7 Å². The van der Waals surface area contributed by atoms with Crippen molar-refractivity contribution in [1.29, 1.82) is 5.26 Å². The van der Waals surface area contributed by atoms with E-state index in [9.17, 15) is 15.2 Å². The number of ether oxygens (including phenoxy) is 1. The van der Waals surface area contributed by atoms with Gasteiger partial charge in [-0.15, -0.1) is 0 Å². The highest BCUT2D eigenvalue weighted by atomic mass is 79.9. The normalized spacial score (nSPS) is 11.0. The molecule has 0 amide bonds. The summed E-state index contributed by atoms with van der Waals surface area (Å²) in [4.78, 5) is 12.5. The van der Waals surface area contributed by atoms with Crippen LogP contribution < -0.4 is 4.74 Å². The van der Waals surface area contributed by atoms with Crippen LogP contribution in [0.5, 0.6) is 11.5 Å². The van der Waals surface area contributed by atoms with Gasteiger partial charge in [0.15, 0.2) is 11.5 Å². The number of aryl methyl sites for hydroxylation is 1. The lowest BCUT2D eigenvalue weighted by molar-refractivity contribution is 0.104.